The van der Waals surface area contributed by atoms with E-state index in [1.54, 1.807) is 0 Å². The van der Waals surface area contributed by atoms with Crippen molar-refractivity contribution in [1.29, 1.82) is 0 Å². The lowest BCUT2D eigenvalue weighted by Crippen LogP contribution is -2.28. The summed E-state index contributed by atoms with van der Waals surface area (Å²) in [4.78, 5) is 2.34. The van der Waals surface area contributed by atoms with E-state index in [2.05, 4.69) is 42.3 Å². The Morgan fingerprint density at radius 3 is 2.43 bits per heavy atom. The number of hydrogen-bond donors (Lipinski definition) is 2. The van der Waals surface area contributed by atoms with E-state index in [-0.39, 0.29) is 0 Å². The highest BCUT2D eigenvalue weighted by atomic mass is 32.2. The molecule has 4 nitrogen and oxygen atoms in total. The molecular formula is C16H35N3OS. The van der Waals surface area contributed by atoms with Crippen LogP contribution >= 0.6 is 0 Å². The molecule has 0 aromatic carbocycles. The highest BCUT2D eigenvalue weighted by Crippen LogP contribution is 2.27. The van der Waals surface area contributed by atoms with Crippen molar-refractivity contribution in [3.63, 3.8) is 0 Å². The van der Waals surface area contributed by atoms with E-state index in [0.29, 0.717) is 17.1 Å². The van der Waals surface area contributed by atoms with Crippen molar-refractivity contribution < 1.29 is 4.21 Å². The number of rotatable bonds is 5. The summed E-state index contributed by atoms with van der Waals surface area (Å²) >= 11 is 0. The van der Waals surface area contributed by atoms with Gasteiger partial charge in [0.15, 0.2) is 0 Å². The largest absolute Gasteiger partial charge is 0.378 e. The van der Waals surface area contributed by atoms with Crippen LogP contribution in [0.5, 0.6) is 0 Å². The Bertz CT molecular complexity index is 327. The predicted octanol–water partition coefficient (Wildman–Crippen LogP) is 2.49. The van der Waals surface area contributed by atoms with Gasteiger partial charge in [-0.25, -0.2) is 8.93 Å². The third-order valence-corrected chi connectivity index (χ3v) is 4.92. The molecule has 2 unspecified atom stereocenters. The number of nitrogens with one attached hydrogen (secondary N) is 1. The summed E-state index contributed by atoms with van der Waals surface area (Å²) in [5.41, 5.74) is 5.95. The standard InChI is InChI=1S/C13H24N2OS.C2H6.CH5N/c1-10(2)6-12-7-11(9-15(12)3)8-14-17(16)13-4-5-13;2*1-2/h6,10-11,13-14H,4-5,7-9H2,1-3H3;1-2H3;2H2,1H3/b12-6-;;. The maximum atomic E-state index is 11.7. The van der Waals surface area contributed by atoms with E-state index in [1.165, 1.54) is 12.7 Å². The van der Waals surface area contributed by atoms with Crippen LogP contribution in [-0.2, 0) is 11.0 Å². The molecule has 1 aliphatic carbocycles. The van der Waals surface area contributed by atoms with Crippen molar-refractivity contribution in [2.24, 2.45) is 17.6 Å². The first-order valence-electron chi connectivity index (χ1n) is 8.20. The SMILES string of the molecule is CC.CC(C)/C=C1/CC(CNS(=O)C2CC2)CN1C.CN. The van der Waals surface area contributed by atoms with Crippen molar-refractivity contribution in [2.75, 3.05) is 27.2 Å². The molecule has 1 saturated heterocycles. The fourth-order valence-electron chi connectivity index (χ4n) is 2.34. The molecule has 0 aromatic rings. The number of nitrogens with zero attached hydrogens (tertiary/aromatic N) is 1. The van der Waals surface area contributed by atoms with Crippen molar-refractivity contribution in [3.8, 4) is 0 Å². The Hall–Kier alpha value is -0.390. The molecule has 3 N–H and O–H groups in total. The quantitative estimate of drug-likeness (QED) is 0.819. The van der Waals surface area contributed by atoms with E-state index in [1.807, 2.05) is 13.8 Å². The maximum absolute atomic E-state index is 11.7. The highest BCUT2D eigenvalue weighted by molar-refractivity contribution is 7.84. The molecule has 2 rings (SSSR count). The van der Waals surface area contributed by atoms with Crippen LogP contribution in [-0.4, -0.2) is 41.5 Å². The lowest BCUT2D eigenvalue weighted by molar-refractivity contribution is 0.429. The third-order valence-electron chi connectivity index (χ3n) is 3.39. The van der Waals surface area contributed by atoms with Crippen molar-refractivity contribution >= 4 is 11.0 Å². The second kappa shape index (κ2) is 11.2. The van der Waals surface area contributed by atoms with Crippen LogP contribution in [0.1, 0.15) is 47.0 Å². The van der Waals surface area contributed by atoms with Crippen LogP contribution in [0.3, 0.4) is 0 Å². The Labute approximate surface area is 134 Å². The first-order valence-corrected chi connectivity index (χ1v) is 9.41. The fourth-order valence-corrected chi connectivity index (χ4v) is 3.54. The summed E-state index contributed by atoms with van der Waals surface area (Å²) in [6.07, 6.45) is 5.76. The van der Waals surface area contributed by atoms with Gasteiger partial charge in [0.2, 0.25) is 0 Å². The lowest BCUT2D eigenvalue weighted by Gasteiger charge is -2.14. The number of hydrogen-bond acceptors (Lipinski definition) is 3. The van der Waals surface area contributed by atoms with Crippen LogP contribution in [0, 0.1) is 11.8 Å². The Morgan fingerprint density at radius 1 is 1.38 bits per heavy atom. The average molecular weight is 318 g/mol. The van der Waals surface area contributed by atoms with Gasteiger partial charge in [-0.05, 0) is 38.1 Å². The van der Waals surface area contributed by atoms with E-state index < -0.39 is 11.0 Å². The van der Waals surface area contributed by atoms with Crippen LogP contribution in [0.4, 0.5) is 0 Å². The minimum atomic E-state index is -0.778. The molecule has 1 heterocycles. The molecule has 2 aliphatic rings. The van der Waals surface area contributed by atoms with E-state index in [9.17, 15) is 4.21 Å². The van der Waals surface area contributed by atoms with Gasteiger partial charge in [-0.2, -0.15) is 0 Å². The molecule has 0 radical (unpaired) electrons. The zero-order chi connectivity index (χ0) is 16.4. The van der Waals surface area contributed by atoms with Crippen molar-refractivity contribution in [3.05, 3.63) is 11.8 Å². The monoisotopic (exact) mass is 317 g/mol. The molecule has 0 bridgehead atoms. The number of likely N-dealkylation sites (tertiary alicyclic amines) is 1. The molecule has 0 aromatic heterocycles. The van der Waals surface area contributed by atoms with Gasteiger partial charge in [0.05, 0.1) is 11.0 Å². The summed E-state index contributed by atoms with van der Waals surface area (Å²) in [7, 11) is 2.88. The van der Waals surface area contributed by atoms with Gasteiger partial charge < -0.3 is 10.6 Å². The van der Waals surface area contributed by atoms with Gasteiger partial charge in [0, 0.05) is 31.1 Å². The fraction of sp³-hybridized carbons (Fsp3) is 0.875. The third kappa shape index (κ3) is 7.98. The van der Waals surface area contributed by atoms with Gasteiger partial charge in [-0.3, -0.25) is 0 Å². The van der Waals surface area contributed by atoms with Crippen LogP contribution in [0.25, 0.3) is 0 Å². The van der Waals surface area contributed by atoms with Gasteiger partial charge in [0.1, 0.15) is 0 Å². The minimum Gasteiger partial charge on any atom is -0.378 e. The Morgan fingerprint density at radius 2 is 1.95 bits per heavy atom. The Balaban J connectivity index is 0.000000921. The summed E-state index contributed by atoms with van der Waals surface area (Å²) in [6, 6.07) is 0. The van der Waals surface area contributed by atoms with Gasteiger partial charge in [-0.15, -0.1) is 0 Å². The number of allylic oxidation sites excluding steroid dienone is 2. The van der Waals surface area contributed by atoms with Crippen LogP contribution in [0.2, 0.25) is 0 Å². The average Bonchev–Trinajstić information content (AvgIpc) is 3.27. The molecule has 5 heteroatoms. The molecule has 2 atom stereocenters. The molecule has 126 valence electrons. The molecule has 0 spiro atoms. The molecule has 1 aliphatic heterocycles. The van der Waals surface area contributed by atoms with Gasteiger partial charge in [0.25, 0.3) is 0 Å². The van der Waals surface area contributed by atoms with Crippen molar-refractivity contribution in [2.45, 2.75) is 52.2 Å². The Kier molecular flexibility index (Phi) is 11.0. The summed E-state index contributed by atoms with van der Waals surface area (Å²) < 4.78 is 14.9. The van der Waals surface area contributed by atoms with Crippen LogP contribution in [0.15, 0.2) is 11.8 Å². The maximum Gasteiger partial charge on any atom is 0.0947 e. The highest BCUT2D eigenvalue weighted by Gasteiger charge is 2.30. The minimum absolute atomic E-state index is 0.444. The summed E-state index contributed by atoms with van der Waals surface area (Å²) in [5.74, 6) is 1.23. The van der Waals surface area contributed by atoms with E-state index in [0.717, 1.165) is 32.4 Å². The molecular weight excluding hydrogens is 282 g/mol. The van der Waals surface area contributed by atoms with Gasteiger partial charge >= 0.3 is 0 Å². The second-order valence-electron chi connectivity index (χ2n) is 5.70. The smallest absolute Gasteiger partial charge is 0.0947 e. The number of nitrogens with two attached hydrogens (primary N) is 1. The zero-order valence-corrected chi connectivity index (χ0v) is 15.5. The van der Waals surface area contributed by atoms with E-state index in [4.69, 9.17) is 0 Å². The summed E-state index contributed by atoms with van der Waals surface area (Å²) in [5, 5.41) is 0.444. The predicted molar refractivity (Wildman–Crippen MR) is 94.3 cm³/mol. The molecule has 1 saturated carbocycles. The zero-order valence-electron chi connectivity index (χ0n) is 14.7. The first kappa shape index (κ1) is 20.6. The van der Waals surface area contributed by atoms with E-state index >= 15 is 0 Å². The second-order valence-corrected chi connectivity index (χ2v) is 7.25. The lowest BCUT2D eigenvalue weighted by atomic mass is 10.1. The normalized spacial score (nSPS) is 24.3. The topological polar surface area (TPSA) is 58.4 Å². The first-order chi connectivity index (χ1) is 10.1. The van der Waals surface area contributed by atoms with Gasteiger partial charge in [-0.1, -0.05) is 33.8 Å². The van der Waals surface area contributed by atoms with Crippen LogP contribution < -0.4 is 10.5 Å². The molecule has 0 amide bonds. The summed E-state index contributed by atoms with van der Waals surface area (Å²) in [6.45, 7) is 10.4. The van der Waals surface area contributed by atoms with Crippen molar-refractivity contribution in [1.82, 2.24) is 9.62 Å². The molecule has 2 fully saturated rings. The molecule has 21 heavy (non-hydrogen) atoms.